The van der Waals surface area contributed by atoms with Crippen molar-refractivity contribution in [2.45, 2.75) is 38.8 Å². The number of carbonyl (C=O) groups excluding carboxylic acids is 4. The Morgan fingerprint density at radius 1 is 0.607 bits per heavy atom. The smallest absolute Gasteiger partial charge is 0.337 e. The third kappa shape index (κ3) is 12.8. The Morgan fingerprint density at radius 3 is 1.38 bits per heavy atom. The van der Waals surface area contributed by atoms with Gasteiger partial charge in [0.2, 0.25) is 0 Å². The molecule has 0 saturated carbocycles. The van der Waals surface area contributed by atoms with Gasteiger partial charge in [-0.2, -0.15) is 0 Å². The predicted molar refractivity (Wildman–Crippen MR) is 217 cm³/mol. The van der Waals surface area contributed by atoms with Crippen molar-refractivity contribution >= 4 is 35.2 Å². The first kappa shape index (κ1) is 41.6. The van der Waals surface area contributed by atoms with Crippen LogP contribution in [-0.4, -0.2) is 77.0 Å². The van der Waals surface area contributed by atoms with Gasteiger partial charge in [0.25, 0.3) is 0 Å². The summed E-state index contributed by atoms with van der Waals surface area (Å²) in [5.74, 6) is 0.438. The van der Waals surface area contributed by atoms with Crippen molar-refractivity contribution < 1.29 is 33.4 Å². The van der Waals surface area contributed by atoms with Crippen LogP contribution in [0.25, 0.3) is 0 Å². The second kappa shape index (κ2) is 22.1. The number of para-hydroxylation sites is 2. The summed E-state index contributed by atoms with van der Waals surface area (Å²) in [7, 11) is 1.36. The number of amides is 4. The Bertz CT molecular complexity index is 1680. The van der Waals surface area contributed by atoms with E-state index in [4.69, 9.17) is 19.9 Å². The van der Waals surface area contributed by atoms with Crippen molar-refractivity contribution in [3.05, 3.63) is 131 Å². The van der Waals surface area contributed by atoms with Crippen LogP contribution in [0.1, 0.15) is 57.5 Å². The number of methoxy groups -OCH3 is 1. The van der Waals surface area contributed by atoms with Crippen LogP contribution >= 0.6 is 0 Å². The molecule has 2 saturated heterocycles. The number of nitrogens with one attached hydrogen (secondary N) is 2. The fourth-order valence-electron chi connectivity index (χ4n) is 6.47. The molecule has 12 nitrogen and oxygen atoms in total. The maximum Gasteiger partial charge on any atom is 0.337 e. The van der Waals surface area contributed by atoms with E-state index < -0.39 is 0 Å². The van der Waals surface area contributed by atoms with E-state index in [1.807, 2.05) is 84.9 Å². The summed E-state index contributed by atoms with van der Waals surface area (Å²) >= 11 is 0. The Kier molecular flexibility index (Phi) is 16.4. The Balaban J connectivity index is 0.000000214. The van der Waals surface area contributed by atoms with Crippen LogP contribution in [0.5, 0.6) is 0 Å². The summed E-state index contributed by atoms with van der Waals surface area (Å²) in [6.45, 7) is 5.15. The first-order valence-electron chi connectivity index (χ1n) is 19.2. The van der Waals surface area contributed by atoms with E-state index in [1.165, 1.54) is 7.11 Å². The third-order valence-electron chi connectivity index (χ3n) is 9.91. The number of nitrogens with two attached hydrogens (primary N) is 1. The van der Waals surface area contributed by atoms with Crippen molar-refractivity contribution in [2.75, 3.05) is 63.0 Å². The lowest BCUT2D eigenvalue weighted by Gasteiger charge is -2.26. The van der Waals surface area contributed by atoms with E-state index in [-0.39, 0.29) is 30.4 Å². The van der Waals surface area contributed by atoms with E-state index >= 15 is 0 Å². The molecule has 4 aromatic carbocycles. The molecule has 0 spiro atoms. The topological polar surface area (TPSA) is 153 Å². The number of ketones is 1. The highest BCUT2D eigenvalue weighted by Crippen LogP contribution is 2.21. The lowest BCUT2D eigenvalue weighted by atomic mass is 10.0. The largest absolute Gasteiger partial charge is 0.465 e. The number of rotatable bonds is 13. The first-order chi connectivity index (χ1) is 27.3. The number of hydrogen-bond donors (Lipinski definition) is 3. The molecule has 2 fully saturated rings. The van der Waals surface area contributed by atoms with Crippen LogP contribution in [-0.2, 0) is 27.3 Å². The molecule has 4 aromatic rings. The normalized spacial score (nSPS) is 14.4. The minimum Gasteiger partial charge on any atom is -0.465 e. The number of ether oxygens (including phenoxy) is 3. The molecule has 0 bridgehead atoms. The number of anilines is 2. The molecule has 2 aliphatic heterocycles. The summed E-state index contributed by atoms with van der Waals surface area (Å²) in [6.07, 6.45) is 3.89. The monoisotopic (exact) mass is 763 g/mol. The molecule has 56 heavy (non-hydrogen) atoms. The lowest BCUT2D eigenvalue weighted by molar-refractivity contribution is 0.0600. The average molecular weight is 764 g/mol. The minimum atomic E-state index is -0.374. The zero-order chi connectivity index (χ0) is 39.5. The van der Waals surface area contributed by atoms with Gasteiger partial charge in [0, 0.05) is 56.5 Å². The van der Waals surface area contributed by atoms with Crippen molar-refractivity contribution in [3.8, 4) is 0 Å². The number of nitrogens with zero attached hydrogens (tertiary/aromatic N) is 2. The molecule has 0 unspecified atom stereocenters. The summed E-state index contributed by atoms with van der Waals surface area (Å²) in [6, 6.07) is 33.3. The van der Waals surface area contributed by atoms with Gasteiger partial charge >= 0.3 is 18.0 Å². The quantitative estimate of drug-likeness (QED) is 0.102. The summed E-state index contributed by atoms with van der Waals surface area (Å²) in [5, 5.41) is 6.14. The van der Waals surface area contributed by atoms with Crippen LogP contribution in [0.3, 0.4) is 0 Å². The molecular formula is C44H53N5O7. The summed E-state index contributed by atoms with van der Waals surface area (Å²) in [5.41, 5.74) is 10.0. The minimum absolute atomic E-state index is 0.00982. The third-order valence-corrected chi connectivity index (χ3v) is 9.91. The van der Waals surface area contributed by atoms with Crippen LogP contribution < -0.4 is 26.2 Å². The van der Waals surface area contributed by atoms with Crippen molar-refractivity contribution in [1.29, 1.82) is 0 Å². The number of hydrogen-bond acceptors (Lipinski definition) is 8. The van der Waals surface area contributed by atoms with Gasteiger partial charge in [0.1, 0.15) is 0 Å². The molecule has 0 aliphatic carbocycles. The molecule has 0 radical (unpaired) electrons. The maximum absolute atomic E-state index is 12.9. The molecule has 296 valence electrons. The zero-order valence-corrected chi connectivity index (χ0v) is 32.1. The molecular weight excluding hydrogens is 711 g/mol. The maximum atomic E-state index is 12.9. The van der Waals surface area contributed by atoms with Crippen molar-refractivity contribution in [2.24, 2.45) is 17.6 Å². The van der Waals surface area contributed by atoms with E-state index in [0.717, 1.165) is 74.6 Å². The van der Waals surface area contributed by atoms with Gasteiger partial charge in [0.05, 0.1) is 32.3 Å². The Morgan fingerprint density at radius 2 is 1.00 bits per heavy atom. The molecule has 12 heteroatoms. The molecule has 0 aromatic heterocycles. The van der Waals surface area contributed by atoms with Crippen LogP contribution in [0.15, 0.2) is 109 Å². The van der Waals surface area contributed by atoms with Crippen molar-refractivity contribution in [3.63, 3.8) is 0 Å². The Hall–Kier alpha value is -5.56. The second-order valence-electron chi connectivity index (χ2n) is 13.8. The summed E-state index contributed by atoms with van der Waals surface area (Å²) in [4.78, 5) is 52.6. The second-order valence-corrected chi connectivity index (χ2v) is 13.8. The fraction of sp³-hybridized carbons (Fsp3) is 0.364. The average Bonchev–Trinajstić information content (AvgIpc) is 3.27. The van der Waals surface area contributed by atoms with Crippen molar-refractivity contribution in [1.82, 2.24) is 10.6 Å². The molecule has 2 aliphatic rings. The zero-order valence-electron chi connectivity index (χ0n) is 32.1. The highest BCUT2D eigenvalue weighted by atomic mass is 16.5. The molecule has 0 atom stereocenters. The number of Topliss-reactive ketones (excluding diaryl/α,β-unsaturated/α-hetero) is 1. The highest BCUT2D eigenvalue weighted by Gasteiger charge is 2.21. The number of benzene rings is 4. The van der Waals surface area contributed by atoms with Crippen LogP contribution in [0, 0.1) is 11.8 Å². The van der Waals surface area contributed by atoms with E-state index in [1.54, 1.807) is 34.1 Å². The van der Waals surface area contributed by atoms with Gasteiger partial charge in [0.15, 0.2) is 5.78 Å². The lowest BCUT2D eigenvalue weighted by Crippen LogP contribution is -2.42. The van der Waals surface area contributed by atoms with Gasteiger partial charge in [-0.25, -0.2) is 14.4 Å². The highest BCUT2D eigenvalue weighted by molar-refractivity contribution is 5.97. The number of esters is 1. The Labute approximate surface area is 329 Å². The fourth-order valence-corrected chi connectivity index (χ4v) is 6.47. The van der Waals surface area contributed by atoms with Gasteiger partial charge in [-0.15, -0.1) is 0 Å². The van der Waals surface area contributed by atoms with Gasteiger partial charge in [-0.1, -0.05) is 72.8 Å². The van der Waals surface area contributed by atoms with Gasteiger partial charge in [-0.3, -0.25) is 14.6 Å². The van der Waals surface area contributed by atoms with E-state index in [9.17, 15) is 19.2 Å². The van der Waals surface area contributed by atoms with E-state index in [2.05, 4.69) is 10.6 Å². The molecule has 6 rings (SSSR count). The SMILES string of the molecule is COC(=O)c1ccc(CN(C(=O)NCC2CCOCC2)c2ccccc2)cc1.NCC(=O)c1ccc(CN(C(=O)NCC2CCOCC2)c2ccccc2)cc1. The molecule has 4 N–H and O–H groups in total. The van der Waals surface area contributed by atoms with Crippen LogP contribution in [0.4, 0.5) is 21.0 Å². The number of urea groups is 2. The molecule has 2 heterocycles. The molecule has 4 amide bonds. The van der Waals surface area contributed by atoms with Gasteiger partial charge < -0.3 is 30.6 Å². The van der Waals surface area contributed by atoms with E-state index in [0.29, 0.717) is 49.1 Å². The standard InChI is InChI=1S/C22H27N3O3.C22H26N2O4/c23-14-21(26)19-8-6-18(7-9-19)16-25(20-4-2-1-3-5-20)22(27)24-15-17-10-12-28-13-11-17;1-27-21(25)19-9-7-18(8-10-19)16-24(20-5-3-2-4-6-20)22(26)23-15-17-11-13-28-14-12-17/h1-9,17H,10-16,23H2,(H,24,27);2-10,17H,11-16H2,1H3,(H,23,26). The van der Waals surface area contributed by atoms with Crippen LogP contribution in [0.2, 0.25) is 0 Å². The summed E-state index contributed by atoms with van der Waals surface area (Å²) < 4.78 is 15.5. The predicted octanol–water partition coefficient (Wildman–Crippen LogP) is 6.59. The first-order valence-corrected chi connectivity index (χ1v) is 19.2. The van der Waals surface area contributed by atoms with Gasteiger partial charge in [-0.05, 0) is 85.0 Å². The number of carbonyl (C=O) groups is 4.